The van der Waals surface area contributed by atoms with Crippen LogP contribution >= 0.6 is 0 Å². The Bertz CT molecular complexity index is 803. The lowest BCUT2D eigenvalue weighted by Crippen LogP contribution is -2.52. The van der Waals surface area contributed by atoms with E-state index in [1.54, 1.807) is 0 Å². The fraction of sp³-hybridized carbons (Fsp3) is 0.742. The number of carbonyl (C=O) groups is 2. The number of Topliss-reactive ketones (excluding diaryl/α,β-unsaturated/α-hetero) is 1. The minimum atomic E-state index is -2.11. The molecule has 0 saturated carbocycles. The van der Waals surface area contributed by atoms with E-state index in [-0.39, 0.29) is 17.7 Å². The van der Waals surface area contributed by atoms with Gasteiger partial charge in [-0.15, -0.1) is 0 Å². The van der Waals surface area contributed by atoms with Crippen molar-refractivity contribution in [1.29, 1.82) is 0 Å². The lowest BCUT2D eigenvalue weighted by molar-refractivity contribution is -0.222. The van der Waals surface area contributed by atoms with Crippen LogP contribution in [0.4, 0.5) is 0 Å². The van der Waals surface area contributed by atoms with Gasteiger partial charge in [0.2, 0.25) is 0 Å². The zero-order chi connectivity index (χ0) is 28.1. The molecule has 216 valence electrons. The van der Waals surface area contributed by atoms with E-state index in [1.165, 1.54) is 5.56 Å². The van der Waals surface area contributed by atoms with Gasteiger partial charge in [-0.1, -0.05) is 78.3 Å². The molecule has 7 heteroatoms. The number of benzene rings is 1. The molecular weight excluding hydrogens is 496 g/mol. The van der Waals surface area contributed by atoms with E-state index in [0.29, 0.717) is 49.3 Å². The van der Waals surface area contributed by atoms with Gasteiger partial charge in [0.05, 0.1) is 19.8 Å². The Hall–Kier alpha value is -1.54. The normalized spacial score (nSPS) is 20.5. The van der Waals surface area contributed by atoms with Gasteiger partial charge in [-0.05, 0) is 54.8 Å². The first-order valence-corrected chi connectivity index (χ1v) is 16.9. The third kappa shape index (κ3) is 9.58. The van der Waals surface area contributed by atoms with E-state index >= 15 is 0 Å². The molecule has 0 radical (unpaired) electrons. The van der Waals surface area contributed by atoms with Crippen LogP contribution in [0.3, 0.4) is 0 Å². The Labute approximate surface area is 232 Å². The number of ether oxygens (including phenoxy) is 3. The number of unbranched alkanes of at least 4 members (excludes halogenated alkanes) is 1. The van der Waals surface area contributed by atoms with Crippen LogP contribution < -0.4 is 0 Å². The molecule has 0 aliphatic carbocycles. The maximum atomic E-state index is 13.2. The van der Waals surface area contributed by atoms with Crippen LogP contribution in [0.15, 0.2) is 30.3 Å². The van der Waals surface area contributed by atoms with Gasteiger partial charge in [0.1, 0.15) is 6.10 Å². The van der Waals surface area contributed by atoms with Crippen LogP contribution in [-0.4, -0.2) is 52.3 Å². The first-order chi connectivity index (χ1) is 18.1. The molecule has 3 atom stereocenters. The van der Waals surface area contributed by atoms with Crippen molar-refractivity contribution in [3.05, 3.63) is 35.9 Å². The molecule has 2 rings (SSSR count). The molecule has 38 heavy (non-hydrogen) atoms. The third-order valence-corrected chi connectivity index (χ3v) is 14.0. The van der Waals surface area contributed by atoms with Gasteiger partial charge >= 0.3 is 5.97 Å². The highest BCUT2D eigenvalue weighted by Crippen LogP contribution is 2.42. The fourth-order valence-electron chi connectivity index (χ4n) is 6.13. The summed E-state index contributed by atoms with van der Waals surface area (Å²) in [6.45, 7) is 16.6. The van der Waals surface area contributed by atoms with Crippen molar-refractivity contribution in [2.45, 2.75) is 122 Å². The number of rotatable bonds is 17. The summed E-state index contributed by atoms with van der Waals surface area (Å²) in [7, 11) is -2.11. The zero-order valence-electron chi connectivity index (χ0n) is 24.9. The molecule has 2 unspecified atom stereocenters. The summed E-state index contributed by atoms with van der Waals surface area (Å²) >= 11 is 0. The molecular formula is C31H52O6Si. The second-order valence-electron chi connectivity index (χ2n) is 11.6. The predicted octanol–water partition coefficient (Wildman–Crippen LogP) is 7.25. The van der Waals surface area contributed by atoms with E-state index in [9.17, 15) is 9.59 Å². The Morgan fingerprint density at radius 3 is 2.26 bits per heavy atom. The second kappa shape index (κ2) is 16.5. The van der Waals surface area contributed by atoms with Crippen LogP contribution in [0.5, 0.6) is 0 Å². The van der Waals surface area contributed by atoms with Crippen LogP contribution in [0.1, 0.15) is 92.6 Å². The average molecular weight is 549 g/mol. The van der Waals surface area contributed by atoms with Gasteiger partial charge < -0.3 is 18.6 Å². The first-order valence-electron chi connectivity index (χ1n) is 14.7. The molecule has 1 saturated heterocycles. The van der Waals surface area contributed by atoms with Crippen LogP contribution in [0.2, 0.25) is 16.6 Å². The minimum absolute atomic E-state index is 0.0139. The van der Waals surface area contributed by atoms with Gasteiger partial charge in [-0.3, -0.25) is 9.59 Å². The lowest BCUT2D eigenvalue weighted by Gasteiger charge is -2.44. The van der Waals surface area contributed by atoms with Gasteiger partial charge in [0, 0.05) is 18.8 Å². The number of ketones is 1. The van der Waals surface area contributed by atoms with Crippen molar-refractivity contribution in [2.75, 3.05) is 19.8 Å². The highest BCUT2D eigenvalue weighted by molar-refractivity contribution is 6.77. The van der Waals surface area contributed by atoms with Crippen molar-refractivity contribution in [1.82, 2.24) is 0 Å². The number of aryl methyl sites for hydroxylation is 1. The third-order valence-electron chi connectivity index (χ3n) is 7.94. The molecule has 1 heterocycles. The van der Waals surface area contributed by atoms with Crippen molar-refractivity contribution in [3.63, 3.8) is 0 Å². The number of hydrogen-bond donors (Lipinski definition) is 0. The maximum Gasteiger partial charge on any atom is 0.305 e. The largest absolute Gasteiger partial charge is 0.466 e. The van der Waals surface area contributed by atoms with E-state index in [0.717, 1.165) is 32.1 Å². The van der Waals surface area contributed by atoms with Gasteiger partial charge in [-0.2, -0.15) is 0 Å². The molecule has 1 aliphatic rings. The minimum Gasteiger partial charge on any atom is -0.466 e. The average Bonchev–Trinajstić information content (AvgIpc) is 2.86. The molecule has 0 bridgehead atoms. The highest BCUT2D eigenvalue weighted by atomic mass is 28.4. The smallest absolute Gasteiger partial charge is 0.305 e. The highest BCUT2D eigenvalue weighted by Gasteiger charge is 2.47. The summed E-state index contributed by atoms with van der Waals surface area (Å²) in [5, 5.41) is 0. The lowest BCUT2D eigenvalue weighted by atomic mass is 9.90. The standard InChI is InChI=1S/C31H52O6Si/c1-8-34-30(33)19-13-12-18-27-21-28(32)29(22-36-38(23(2)3,24(4)5)25(6)7)37-31(27)35-20-14-17-26-15-10-9-11-16-26/h9-11,15-16,23-25,27,29,31H,8,12-14,17-22H2,1-7H3/t27?,29-,31?/m1/s1. The van der Waals surface area contributed by atoms with Gasteiger partial charge in [0.15, 0.2) is 20.4 Å². The zero-order valence-corrected chi connectivity index (χ0v) is 25.9. The quantitative estimate of drug-likeness (QED) is 0.116. The summed E-state index contributed by atoms with van der Waals surface area (Å²) in [4.78, 5) is 24.9. The Morgan fingerprint density at radius 1 is 1.00 bits per heavy atom. The molecule has 0 spiro atoms. The second-order valence-corrected chi connectivity index (χ2v) is 17.0. The molecule has 1 fully saturated rings. The van der Waals surface area contributed by atoms with Crippen LogP contribution in [0.25, 0.3) is 0 Å². The van der Waals surface area contributed by atoms with Crippen molar-refractivity contribution in [3.8, 4) is 0 Å². The van der Waals surface area contributed by atoms with Crippen molar-refractivity contribution >= 4 is 20.1 Å². The number of hydrogen-bond acceptors (Lipinski definition) is 6. The molecule has 1 aliphatic heterocycles. The number of esters is 1. The molecule has 0 aromatic heterocycles. The summed E-state index contributed by atoms with van der Waals surface area (Å²) < 4.78 is 24.4. The predicted molar refractivity (Wildman–Crippen MR) is 155 cm³/mol. The van der Waals surface area contributed by atoms with Crippen LogP contribution in [0, 0.1) is 5.92 Å². The SMILES string of the molecule is CCOC(=O)CCCCC1CC(=O)[C@@H](CO[Si](C(C)C)(C(C)C)C(C)C)OC1OCCCc1ccccc1. The molecule has 6 nitrogen and oxygen atoms in total. The first kappa shape index (κ1) is 32.7. The van der Waals surface area contributed by atoms with E-state index in [1.807, 2.05) is 13.0 Å². The van der Waals surface area contributed by atoms with E-state index in [2.05, 4.69) is 65.8 Å². The fourth-order valence-corrected chi connectivity index (χ4v) is 11.6. The Morgan fingerprint density at radius 2 is 1.66 bits per heavy atom. The van der Waals surface area contributed by atoms with Crippen molar-refractivity contribution in [2.24, 2.45) is 5.92 Å². The molecule has 0 N–H and O–H groups in total. The van der Waals surface area contributed by atoms with Gasteiger partial charge in [-0.25, -0.2) is 0 Å². The summed E-state index contributed by atoms with van der Waals surface area (Å²) in [5.74, 6) is -0.0776. The topological polar surface area (TPSA) is 71.1 Å². The van der Waals surface area contributed by atoms with Crippen molar-refractivity contribution < 1.29 is 28.2 Å². The van der Waals surface area contributed by atoms with Gasteiger partial charge in [0.25, 0.3) is 0 Å². The summed E-state index contributed by atoms with van der Waals surface area (Å²) in [5.41, 5.74) is 2.62. The number of carbonyl (C=O) groups excluding carboxylic acids is 2. The monoisotopic (exact) mass is 548 g/mol. The molecule has 0 amide bonds. The van der Waals surface area contributed by atoms with E-state index in [4.69, 9.17) is 18.6 Å². The summed E-state index contributed by atoms with van der Waals surface area (Å²) in [6, 6.07) is 10.4. The molecule has 1 aromatic carbocycles. The van der Waals surface area contributed by atoms with E-state index < -0.39 is 20.7 Å². The summed E-state index contributed by atoms with van der Waals surface area (Å²) in [6.07, 6.45) is 3.98. The Kier molecular flexibility index (Phi) is 14.2. The van der Waals surface area contributed by atoms with Crippen LogP contribution in [-0.2, 0) is 34.6 Å². The molecule has 1 aromatic rings. The maximum absolute atomic E-state index is 13.2. The Balaban J connectivity index is 2.01.